The van der Waals surface area contributed by atoms with Crippen LogP contribution in [0.25, 0.3) is 0 Å². The van der Waals surface area contributed by atoms with Crippen LogP contribution < -0.4 is 10.2 Å². The van der Waals surface area contributed by atoms with Gasteiger partial charge in [-0.1, -0.05) is 6.07 Å². The van der Waals surface area contributed by atoms with E-state index in [1.807, 2.05) is 17.5 Å². The lowest BCUT2D eigenvalue weighted by Crippen LogP contribution is -2.44. The van der Waals surface area contributed by atoms with E-state index in [-0.39, 0.29) is 24.0 Å². The van der Waals surface area contributed by atoms with Crippen molar-refractivity contribution in [3.8, 4) is 0 Å². The third-order valence-electron chi connectivity index (χ3n) is 5.02. The Morgan fingerprint density at radius 2 is 2.07 bits per heavy atom. The van der Waals surface area contributed by atoms with Crippen molar-refractivity contribution in [1.82, 2.24) is 20.1 Å². The fraction of sp³-hybridized carbons (Fsp3) is 0.524. The van der Waals surface area contributed by atoms with Gasteiger partial charge in [0, 0.05) is 57.4 Å². The van der Waals surface area contributed by atoms with Crippen LogP contribution in [-0.4, -0.2) is 74.1 Å². The van der Waals surface area contributed by atoms with Gasteiger partial charge in [0.15, 0.2) is 5.96 Å². The molecule has 0 aromatic carbocycles. The van der Waals surface area contributed by atoms with Gasteiger partial charge in [0.05, 0.1) is 6.54 Å². The summed E-state index contributed by atoms with van der Waals surface area (Å²) in [5.41, 5.74) is 1.20. The number of pyridine rings is 1. The predicted molar refractivity (Wildman–Crippen MR) is 135 cm³/mol. The molecule has 3 heterocycles. The summed E-state index contributed by atoms with van der Waals surface area (Å²) in [4.78, 5) is 17.8. The normalized spacial score (nSPS) is 15.1. The molecule has 0 aliphatic carbocycles. The van der Waals surface area contributed by atoms with Crippen molar-refractivity contribution < 1.29 is 0 Å². The minimum absolute atomic E-state index is 0. The number of rotatable bonds is 7. The Balaban J connectivity index is 0.00000300. The molecule has 0 bridgehead atoms. The monoisotopic (exact) mass is 528 g/mol. The van der Waals surface area contributed by atoms with E-state index < -0.39 is 0 Å². The zero-order valence-electron chi connectivity index (χ0n) is 17.7. The topological polar surface area (TPSA) is 47.0 Å². The molecule has 0 amide bonds. The number of anilines is 1. The molecule has 0 saturated carbocycles. The van der Waals surface area contributed by atoms with E-state index in [2.05, 4.69) is 75.7 Å². The zero-order chi connectivity index (χ0) is 19.8. The number of nitrogens with zero attached hydrogens (tertiary/aromatic N) is 5. The van der Waals surface area contributed by atoms with Crippen LogP contribution in [0.15, 0.2) is 40.8 Å². The molecule has 8 heteroatoms. The summed E-state index contributed by atoms with van der Waals surface area (Å²) in [6.07, 6.45) is 2.95. The van der Waals surface area contributed by atoms with Gasteiger partial charge in [-0.15, -0.1) is 35.3 Å². The van der Waals surface area contributed by atoms with E-state index in [0.717, 1.165) is 57.5 Å². The average molecular weight is 529 g/mol. The number of aromatic nitrogens is 1. The quantitative estimate of drug-likeness (QED) is 0.340. The van der Waals surface area contributed by atoms with Crippen LogP contribution in [0, 0.1) is 0 Å². The van der Waals surface area contributed by atoms with Crippen LogP contribution in [0.1, 0.15) is 17.4 Å². The Labute approximate surface area is 196 Å². The van der Waals surface area contributed by atoms with E-state index in [0.29, 0.717) is 6.54 Å². The molecule has 1 fully saturated rings. The van der Waals surface area contributed by atoms with Crippen molar-refractivity contribution in [2.45, 2.75) is 19.9 Å². The highest BCUT2D eigenvalue weighted by molar-refractivity contribution is 14.0. The summed E-state index contributed by atoms with van der Waals surface area (Å²) in [6.45, 7) is 8.83. The zero-order valence-corrected chi connectivity index (χ0v) is 20.8. The largest absolute Gasteiger partial charge is 0.357 e. The second-order valence-electron chi connectivity index (χ2n) is 7.23. The Hall–Kier alpha value is -1.39. The first-order valence-corrected chi connectivity index (χ1v) is 10.9. The van der Waals surface area contributed by atoms with Crippen molar-refractivity contribution in [1.29, 1.82) is 0 Å². The highest BCUT2D eigenvalue weighted by atomic mass is 127. The summed E-state index contributed by atoms with van der Waals surface area (Å²) in [5.74, 6) is 2.02. The molecule has 2 aromatic heterocycles. The van der Waals surface area contributed by atoms with Crippen molar-refractivity contribution in [3.05, 3.63) is 46.3 Å². The highest BCUT2D eigenvalue weighted by Gasteiger charge is 2.15. The third kappa shape index (κ3) is 7.42. The van der Waals surface area contributed by atoms with Crippen molar-refractivity contribution in [3.63, 3.8) is 0 Å². The number of nitrogens with one attached hydrogen (secondary N) is 1. The SMILES string of the molecule is CCNC(=NCc1ccnc(N2CCN(C)CC2)c1)N(C)CCc1cccs1.I. The van der Waals surface area contributed by atoms with Crippen LogP contribution in [0.2, 0.25) is 0 Å². The van der Waals surface area contributed by atoms with Gasteiger partial charge in [-0.05, 0) is 49.5 Å². The van der Waals surface area contributed by atoms with Gasteiger partial charge in [0.25, 0.3) is 0 Å². The molecule has 29 heavy (non-hydrogen) atoms. The second-order valence-corrected chi connectivity index (χ2v) is 8.27. The fourth-order valence-corrected chi connectivity index (χ4v) is 3.94. The van der Waals surface area contributed by atoms with Crippen LogP contribution in [0.3, 0.4) is 0 Å². The molecule has 0 spiro atoms. The maximum Gasteiger partial charge on any atom is 0.193 e. The van der Waals surface area contributed by atoms with Crippen molar-refractivity contribution >= 4 is 47.1 Å². The smallest absolute Gasteiger partial charge is 0.193 e. The van der Waals surface area contributed by atoms with Crippen LogP contribution in [0.5, 0.6) is 0 Å². The lowest BCUT2D eigenvalue weighted by molar-refractivity contribution is 0.312. The predicted octanol–water partition coefficient (Wildman–Crippen LogP) is 3.15. The minimum Gasteiger partial charge on any atom is -0.357 e. The number of halogens is 1. The Bertz CT molecular complexity index is 743. The molecule has 0 atom stereocenters. The Morgan fingerprint density at radius 3 is 2.76 bits per heavy atom. The molecular formula is C21H33IN6S. The van der Waals surface area contributed by atoms with E-state index in [1.165, 1.54) is 10.4 Å². The molecular weight excluding hydrogens is 495 g/mol. The minimum atomic E-state index is 0. The number of aliphatic imine (C=N–C) groups is 1. The molecule has 1 N–H and O–H groups in total. The molecule has 1 aliphatic heterocycles. The first-order valence-electron chi connectivity index (χ1n) is 10.1. The molecule has 6 nitrogen and oxygen atoms in total. The summed E-state index contributed by atoms with van der Waals surface area (Å²) in [5, 5.41) is 5.55. The Kier molecular flexibility index (Phi) is 10.2. The van der Waals surface area contributed by atoms with Gasteiger partial charge < -0.3 is 20.0 Å². The number of hydrogen-bond donors (Lipinski definition) is 1. The average Bonchev–Trinajstić information content (AvgIpc) is 3.24. The van der Waals surface area contributed by atoms with Crippen molar-refractivity contribution in [2.24, 2.45) is 4.99 Å². The molecule has 1 aliphatic rings. The lowest BCUT2D eigenvalue weighted by Gasteiger charge is -2.33. The molecule has 0 unspecified atom stereocenters. The van der Waals surface area contributed by atoms with Gasteiger partial charge in [0.1, 0.15) is 5.82 Å². The maximum atomic E-state index is 4.86. The summed E-state index contributed by atoms with van der Waals surface area (Å²) in [7, 11) is 4.28. The summed E-state index contributed by atoms with van der Waals surface area (Å²) >= 11 is 1.81. The third-order valence-corrected chi connectivity index (χ3v) is 5.95. The van der Waals surface area contributed by atoms with E-state index in [4.69, 9.17) is 4.99 Å². The number of guanidine groups is 1. The van der Waals surface area contributed by atoms with E-state index >= 15 is 0 Å². The van der Waals surface area contributed by atoms with E-state index in [1.54, 1.807) is 0 Å². The summed E-state index contributed by atoms with van der Waals surface area (Å²) < 4.78 is 0. The van der Waals surface area contributed by atoms with Crippen LogP contribution in [-0.2, 0) is 13.0 Å². The molecule has 1 saturated heterocycles. The van der Waals surface area contributed by atoms with E-state index in [9.17, 15) is 0 Å². The molecule has 0 radical (unpaired) electrons. The number of likely N-dealkylation sites (N-methyl/N-ethyl adjacent to an activating group) is 2. The standard InChI is InChI=1S/C21H32N6S.HI/c1-4-22-21(26(3)10-8-19-6-5-15-28-19)24-17-18-7-9-23-20(16-18)27-13-11-25(2)12-14-27;/h5-7,9,15-16H,4,8,10-14,17H2,1-3H3,(H,22,24);1H. The van der Waals surface area contributed by atoms with Crippen molar-refractivity contribution in [2.75, 3.05) is 58.3 Å². The van der Waals surface area contributed by atoms with Gasteiger partial charge in [-0.25, -0.2) is 9.98 Å². The highest BCUT2D eigenvalue weighted by Crippen LogP contribution is 2.15. The fourth-order valence-electron chi connectivity index (χ4n) is 3.24. The molecule has 2 aromatic rings. The lowest BCUT2D eigenvalue weighted by atomic mass is 10.2. The van der Waals surface area contributed by atoms with Gasteiger partial charge in [-0.2, -0.15) is 0 Å². The number of piperazine rings is 1. The Morgan fingerprint density at radius 1 is 1.28 bits per heavy atom. The first-order chi connectivity index (χ1) is 13.7. The maximum absolute atomic E-state index is 4.86. The number of hydrogen-bond acceptors (Lipinski definition) is 5. The van der Waals surface area contributed by atoms with Gasteiger partial charge in [-0.3, -0.25) is 0 Å². The number of thiophene rings is 1. The second kappa shape index (κ2) is 12.3. The van der Waals surface area contributed by atoms with Crippen LogP contribution in [0.4, 0.5) is 5.82 Å². The van der Waals surface area contributed by atoms with Gasteiger partial charge in [0.2, 0.25) is 0 Å². The first kappa shape index (κ1) is 23.9. The molecule has 3 rings (SSSR count). The van der Waals surface area contributed by atoms with Gasteiger partial charge >= 0.3 is 0 Å². The molecule has 160 valence electrons. The summed E-state index contributed by atoms with van der Waals surface area (Å²) in [6, 6.07) is 8.56. The van der Waals surface area contributed by atoms with Crippen LogP contribution >= 0.6 is 35.3 Å².